The lowest BCUT2D eigenvalue weighted by atomic mass is 9.85. The van der Waals surface area contributed by atoms with Crippen LogP contribution in [0.15, 0.2) is 77.3 Å². The molecule has 2 fully saturated rings. The van der Waals surface area contributed by atoms with E-state index in [4.69, 9.17) is 16.3 Å². The van der Waals surface area contributed by atoms with Gasteiger partial charge in [0.1, 0.15) is 22.9 Å². The average Bonchev–Trinajstić information content (AvgIpc) is 3.98. The van der Waals surface area contributed by atoms with Gasteiger partial charge in [-0.25, -0.2) is 18.4 Å². The minimum absolute atomic E-state index is 0.0425. The first-order chi connectivity index (χ1) is 35.0. The van der Waals surface area contributed by atoms with Crippen molar-refractivity contribution in [2.24, 2.45) is 5.41 Å². The predicted octanol–water partition coefficient (Wildman–Crippen LogP) is 8.62. The van der Waals surface area contributed by atoms with E-state index in [9.17, 15) is 32.7 Å². The summed E-state index contributed by atoms with van der Waals surface area (Å²) in [6, 6.07) is 16.5. The van der Waals surface area contributed by atoms with Crippen molar-refractivity contribution in [1.82, 2.24) is 35.4 Å². The van der Waals surface area contributed by atoms with E-state index in [0.717, 1.165) is 32.8 Å². The lowest BCUT2D eigenvalue weighted by molar-refractivity contribution is -0.144. The van der Waals surface area contributed by atoms with Gasteiger partial charge in [0.2, 0.25) is 29.6 Å². The fourth-order valence-electron chi connectivity index (χ4n) is 9.26. The van der Waals surface area contributed by atoms with Gasteiger partial charge >= 0.3 is 0 Å². The van der Waals surface area contributed by atoms with Crippen molar-refractivity contribution in [1.29, 1.82) is 0 Å². The molecule has 2 saturated heterocycles. The average molecular weight is 1070 g/mol. The number of nitrogens with one attached hydrogen (secondary N) is 4. The minimum atomic E-state index is -3.62. The molecule has 7 rings (SSSR count). The number of para-hydroxylation sites is 1. The first-order valence-electron chi connectivity index (χ1n) is 25.0. The number of carbonyl (C=O) groups is 4. The maximum absolute atomic E-state index is 14.2. The summed E-state index contributed by atoms with van der Waals surface area (Å²) in [4.78, 5) is 72.6. The summed E-state index contributed by atoms with van der Waals surface area (Å²) in [5.41, 5.74) is 6.95. The normalized spacial score (nSPS) is 16.8. The summed E-state index contributed by atoms with van der Waals surface area (Å²) >= 11 is 8.09. The first-order valence-corrected chi connectivity index (χ1v) is 27.8. The lowest BCUT2D eigenvalue weighted by Crippen LogP contribution is -2.57. The summed E-state index contributed by atoms with van der Waals surface area (Å²) < 4.78 is 32.6. The van der Waals surface area contributed by atoms with Gasteiger partial charge in [-0.05, 0) is 112 Å². The Balaban J connectivity index is 0.933. The van der Waals surface area contributed by atoms with E-state index < -0.39 is 56.4 Å². The van der Waals surface area contributed by atoms with Crippen molar-refractivity contribution < 1.29 is 37.4 Å². The van der Waals surface area contributed by atoms with Crippen LogP contribution in [0.5, 0.6) is 5.75 Å². The van der Waals surface area contributed by atoms with Gasteiger partial charge in [-0.2, -0.15) is 4.98 Å². The number of thiazole rings is 1. The molecule has 0 saturated carbocycles. The topological polar surface area (TPSA) is 225 Å². The highest BCUT2D eigenvalue weighted by Crippen LogP contribution is 2.39. The van der Waals surface area contributed by atoms with Gasteiger partial charge in [0, 0.05) is 45.4 Å². The number of ether oxygens (including phenoxy) is 1. The molecule has 4 amide bonds. The molecule has 4 heterocycles. The Kier molecular flexibility index (Phi) is 17.7. The van der Waals surface area contributed by atoms with Gasteiger partial charge < -0.3 is 40.9 Å². The van der Waals surface area contributed by atoms with Crippen LogP contribution in [0.1, 0.15) is 109 Å². The first kappa shape index (κ1) is 55.6. The van der Waals surface area contributed by atoms with Gasteiger partial charge in [0.05, 0.1) is 56.0 Å². The minimum Gasteiger partial charge on any atom is -0.489 e. The van der Waals surface area contributed by atoms with Crippen molar-refractivity contribution in [2.45, 2.75) is 141 Å². The molecule has 0 spiro atoms. The van der Waals surface area contributed by atoms with E-state index in [2.05, 4.69) is 36.2 Å². The summed E-state index contributed by atoms with van der Waals surface area (Å²) in [5, 5.41) is 22.4. The zero-order chi connectivity index (χ0) is 53.6. The molecule has 74 heavy (non-hydrogen) atoms. The molecule has 2 aromatic heterocycles. The fourth-order valence-corrected chi connectivity index (χ4v) is 11.4. The standard InChI is InChI=1S/C54H68ClN9O8S2/c1-31(2)72-44-26-39(33(5)24-42(44)60-53-57-28-40(55)50(62-53)59-41-12-10-11-13-45(41)74(70,71)32(3)4)36-20-22-63(23-21-36)47(67)19-18-46(66)61-49(54(7,8)9)52(69)64-29-38(65)25-43(64)51(68)56-27-35-14-16-37(17-15-35)48-34(6)58-30-73-48/h10-17,24,26,28,30-32,36,38,43,49,65H,18-23,25,27,29H2,1-9H3,(H,56,68)(H,61,66)(H2,57,59,60,62)/t38-,43+,49-/m1/s1. The summed E-state index contributed by atoms with van der Waals surface area (Å²) in [7, 11) is -3.62. The van der Waals surface area contributed by atoms with Crippen LogP contribution < -0.4 is 26.0 Å². The molecule has 5 N–H and O–H groups in total. The van der Waals surface area contributed by atoms with E-state index >= 15 is 0 Å². The number of β-amino-alcohol motifs (C(OH)–C–C–N with tert-alkyl or cyclic N) is 1. The monoisotopic (exact) mass is 1070 g/mol. The van der Waals surface area contributed by atoms with Crippen LogP contribution in [-0.4, -0.2) is 111 Å². The van der Waals surface area contributed by atoms with E-state index in [1.807, 2.05) is 84.9 Å². The number of sulfone groups is 1. The zero-order valence-electron chi connectivity index (χ0n) is 43.5. The van der Waals surface area contributed by atoms with Gasteiger partial charge in [-0.3, -0.25) is 19.2 Å². The third kappa shape index (κ3) is 13.4. The fraction of sp³-hybridized carbons (Fsp3) is 0.463. The molecule has 0 bridgehead atoms. The third-order valence-electron chi connectivity index (χ3n) is 13.4. The molecule has 3 atom stereocenters. The van der Waals surface area contributed by atoms with Crippen molar-refractivity contribution >= 4 is 79.5 Å². The van der Waals surface area contributed by atoms with Gasteiger partial charge in [-0.1, -0.05) is 68.8 Å². The Morgan fingerprint density at radius 3 is 2.28 bits per heavy atom. The molecule has 0 aliphatic carbocycles. The second kappa shape index (κ2) is 23.6. The summed E-state index contributed by atoms with van der Waals surface area (Å²) in [6.45, 7) is 17.7. The Hall–Kier alpha value is -6.15. The molecular weight excluding hydrogens is 1000 g/mol. The SMILES string of the molecule is Cc1cc(Nc2ncc(Cl)c(Nc3ccccc3S(=O)(=O)C(C)C)n2)c(OC(C)C)cc1C1CCN(C(=O)CCC(=O)N[C@H](C(=O)N2C[C@H](O)C[C@H]2C(=O)NCc2ccc(-c3scnc3C)cc2)C(C)(C)C)CC1. The highest BCUT2D eigenvalue weighted by molar-refractivity contribution is 7.92. The number of amides is 4. The number of halogens is 1. The number of rotatable bonds is 18. The van der Waals surface area contributed by atoms with Gasteiger partial charge in [0.25, 0.3) is 0 Å². The molecule has 0 radical (unpaired) electrons. The summed E-state index contributed by atoms with van der Waals surface area (Å²) in [6.07, 6.45) is 1.63. The maximum atomic E-state index is 14.2. The second-order valence-corrected chi connectivity index (χ2v) is 24.4. The van der Waals surface area contributed by atoms with Crippen LogP contribution in [0.2, 0.25) is 5.02 Å². The van der Waals surface area contributed by atoms with E-state index in [1.54, 1.807) is 59.9 Å². The number of benzene rings is 3. The molecule has 3 aromatic carbocycles. The Labute approximate surface area is 443 Å². The number of piperidine rings is 1. The lowest BCUT2D eigenvalue weighted by Gasteiger charge is -2.35. The number of carbonyl (C=O) groups excluding carboxylic acids is 4. The molecule has 2 aliphatic rings. The van der Waals surface area contributed by atoms with Crippen LogP contribution in [0.4, 0.5) is 23.1 Å². The van der Waals surface area contributed by atoms with Crippen LogP contribution in [0.3, 0.4) is 0 Å². The van der Waals surface area contributed by atoms with Crippen molar-refractivity contribution in [2.75, 3.05) is 30.3 Å². The molecule has 20 heteroatoms. The summed E-state index contributed by atoms with van der Waals surface area (Å²) in [5.74, 6) is -0.355. The number of aryl methyl sites for hydroxylation is 2. The second-order valence-electron chi connectivity index (χ2n) is 20.7. The zero-order valence-corrected chi connectivity index (χ0v) is 45.9. The molecular formula is C54H68ClN9O8S2. The Morgan fingerprint density at radius 2 is 1.64 bits per heavy atom. The number of nitrogens with zero attached hydrogens (tertiary/aromatic N) is 5. The predicted molar refractivity (Wildman–Crippen MR) is 289 cm³/mol. The number of hydrogen-bond acceptors (Lipinski definition) is 14. The van der Waals surface area contributed by atoms with Crippen LogP contribution in [0.25, 0.3) is 10.4 Å². The Bertz CT molecular complexity index is 2950. The molecule has 17 nitrogen and oxygen atoms in total. The maximum Gasteiger partial charge on any atom is 0.246 e. The molecule has 2 aliphatic heterocycles. The van der Waals surface area contributed by atoms with E-state index in [0.29, 0.717) is 43.1 Å². The highest BCUT2D eigenvalue weighted by Gasteiger charge is 2.44. The number of likely N-dealkylation sites (tertiary alicyclic amines) is 2. The van der Waals surface area contributed by atoms with Crippen LogP contribution in [0, 0.1) is 19.3 Å². The van der Waals surface area contributed by atoms with Crippen molar-refractivity contribution in [3.05, 3.63) is 99.8 Å². The van der Waals surface area contributed by atoms with Crippen LogP contribution >= 0.6 is 22.9 Å². The van der Waals surface area contributed by atoms with Crippen LogP contribution in [-0.2, 0) is 35.6 Å². The third-order valence-corrected chi connectivity index (χ3v) is 16.8. The van der Waals surface area contributed by atoms with E-state index in [-0.39, 0.29) is 72.0 Å². The number of aliphatic hydroxyl groups is 1. The number of anilines is 4. The number of aromatic nitrogens is 3. The number of aliphatic hydroxyl groups excluding tert-OH is 1. The van der Waals surface area contributed by atoms with E-state index in [1.165, 1.54) is 11.1 Å². The van der Waals surface area contributed by atoms with Crippen molar-refractivity contribution in [3.63, 3.8) is 0 Å². The quantitative estimate of drug-likeness (QED) is 0.0555. The molecule has 0 unspecified atom stereocenters. The smallest absolute Gasteiger partial charge is 0.246 e. The Morgan fingerprint density at radius 1 is 0.932 bits per heavy atom. The number of hydrogen-bond donors (Lipinski definition) is 5. The van der Waals surface area contributed by atoms with Gasteiger partial charge in [0.15, 0.2) is 15.7 Å². The van der Waals surface area contributed by atoms with Gasteiger partial charge in [-0.15, -0.1) is 11.3 Å². The highest BCUT2D eigenvalue weighted by atomic mass is 35.5. The largest absolute Gasteiger partial charge is 0.489 e. The molecule has 396 valence electrons. The molecule has 5 aromatic rings. The van der Waals surface area contributed by atoms with Crippen molar-refractivity contribution in [3.8, 4) is 16.2 Å².